The number of halogens is 2. The Kier molecular flexibility index (Phi) is 3.18. The van der Waals surface area contributed by atoms with Gasteiger partial charge in [0.05, 0.1) is 5.69 Å². The van der Waals surface area contributed by atoms with E-state index in [-0.39, 0.29) is 16.8 Å². The van der Waals surface area contributed by atoms with E-state index in [2.05, 4.69) is 4.98 Å². The second-order valence-electron chi connectivity index (χ2n) is 4.77. The summed E-state index contributed by atoms with van der Waals surface area (Å²) in [6.45, 7) is 1.77. The lowest BCUT2D eigenvalue weighted by atomic mass is 10.1. The third-order valence-corrected chi connectivity index (χ3v) is 3.35. The van der Waals surface area contributed by atoms with Crippen molar-refractivity contribution in [3.8, 4) is 17.3 Å². The number of pyridine rings is 1. The Hall–Kier alpha value is -3.07. The third-order valence-electron chi connectivity index (χ3n) is 3.35. The quantitative estimate of drug-likeness (QED) is 0.694. The van der Waals surface area contributed by atoms with Crippen LogP contribution < -0.4 is 5.56 Å². The first-order valence-corrected chi connectivity index (χ1v) is 6.40. The predicted molar refractivity (Wildman–Crippen MR) is 76.3 cm³/mol. The van der Waals surface area contributed by atoms with Crippen molar-refractivity contribution in [2.24, 2.45) is 0 Å². The van der Waals surface area contributed by atoms with Crippen LogP contribution in [0.4, 0.5) is 8.78 Å². The molecule has 0 saturated carbocycles. The van der Waals surface area contributed by atoms with Gasteiger partial charge in [0.1, 0.15) is 17.3 Å². The van der Waals surface area contributed by atoms with Crippen LogP contribution in [0.15, 0.2) is 41.3 Å². The number of hydrogen-bond donors (Lipinski definition) is 0. The Balaban J connectivity index is 2.43. The molecule has 0 aliphatic heterocycles. The molecule has 2 heterocycles. The van der Waals surface area contributed by atoms with Gasteiger partial charge in [0.2, 0.25) is 0 Å². The largest absolute Gasteiger partial charge is 0.276 e. The minimum absolute atomic E-state index is 0.0423. The SMILES string of the molecule is Cc1cccn2c(=O)c(C#N)c(-c3ccc(F)c(F)c3)nc12. The van der Waals surface area contributed by atoms with Crippen LogP contribution in [-0.4, -0.2) is 9.38 Å². The lowest BCUT2D eigenvalue weighted by Gasteiger charge is -2.08. The summed E-state index contributed by atoms with van der Waals surface area (Å²) in [6, 6.07) is 8.38. The molecule has 0 N–H and O–H groups in total. The molecule has 2 aromatic heterocycles. The molecule has 0 saturated heterocycles. The summed E-state index contributed by atoms with van der Waals surface area (Å²) in [5.41, 5.74) is 0.559. The van der Waals surface area contributed by atoms with Crippen LogP contribution in [-0.2, 0) is 0 Å². The first-order valence-electron chi connectivity index (χ1n) is 6.40. The predicted octanol–water partition coefficient (Wildman–Crippen LogP) is 2.82. The zero-order chi connectivity index (χ0) is 15.9. The zero-order valence-electron chi connectivity index (χ0n) is 11.5. The normalized spacial score (nSPS) is 10.6. The fraction of sp³-hybridized carbons (Fsp3) is 0.0625. The maximum Gasteiger partial charge on any atom is 0.276 e. The van der Waals surface area contributed by atoms with E-state index in [0.29, 0.717) is 5.65 Å². The van der Waals surface area contributed by atoms with Gasteiger partial charge in [0.15, 0.2) is 11.6 Å². The van der Waals surface area contributed by atoms with E-state index >= 15 is 0 Å². The Labute approximate surface area is 123 Å². The van der Waals surface area contributed by atoms with E-state index in [1.165, 1.54) is 16.7 Å². The van der Waals surface area contributed by atoms with Gasteiger partial charge in [0, 0.05) is 11.8 Å². The van der Waals surface area contributed by atoms with Gasteiger partial charge in [-0.05, 0) is 36.8 Å². The molecule has 3 aromatic rings. The molecule has 0 fully saturated rings. The van der Waals surface area contributed by atoms with Gasteiger partial charge in [-0.25, -0.2) is 13.8 Å². The lowest BCUT2D eigenvalue weighted by molar-refractivity contribution is 0.509. The van der Waals surface area contributed by atoms with Crippen molar-refractivity contribution >= 4 is 5.65 Å². The molecule has 0 bridgehead atoms. The summed E-state index contributed by atoms with van der Waals surface area (Å²) in [5, 5.41) is 9.24. The van der Waals surface area contributed by atoms with Crippen LogP contribution in [0, 0.1) is 29.9 Å². The lowest BCUT2D eigenvalue weighted by Crippen LogP contribution is -2.20. The first-order chi connectivity index (χ1) is 10.5. The maximum absolute atomic E-state index is 13.4. The monoisotopic (exact) mass is 297 g/mol. The summed E-state index contributed by atoms with van der Waals surface area (Å²) in [5.74, 6) is -2.07. The molecule has 4 nitrogen and oxygen atoms in total. The van der Waals surface area contributed by atoms with Crippen molar-refractivity contribution in [2.45, 2.75) is 6.92 Å². The Morgan fingerprint density at radius 3 is 2.68 bits per heavy atom. The van der Waals surface area contributed by atoms with Gasteiger partial charge in [-0.1, -0.05) is 6.07 Å². The highest BCUT2D eigenvalue weighted by Gasteiger charge is 2.16. The Morgan fingerprint density at radius 1 is 1.23 bits per heavy atom. The molecule has 6 heteroatoms. The van der Waals surface area contributed by atoms with Crippen LogP contribution in [0.3, 0.4) is 0 Å². The van der Waals surface area contributed by atoms with Crippen molar-refractivity contribution in [2.75, 3.05) is 0 Å². The number of nitriles is 1. The van der Waals surface area contributed by atoms with E-state index < -0.39 is 17.2 Å². The highest BCUT2D eigenvalue weighted by Crippen LogP contribution is 2.22. The van der Waals surface area contributed by atoms with Gasteiger partial charge in [-0.3, -0.25) is 9.20 Å². The van der Waals surface area contributed by atoms with Gasteiger partial charge in [-0.15, -0.1) is 0 Å². The highest BCUT2D eigenvalue weighted by atomic mass is 19.2. The number of fused-ring (bicyclic) bond motifs is 1. The molecule has 0 unspecified atom stereocenters. The number of nitrogens with zero attached hydrogens (tertiary/aromatic N) is 3. The summed E-state index contributed by atoms with van der Waals surface area (Å²) < 4.78 is 27.8. The topological polar surface area (TPSA) is 58.2 Å². The van der Waals surface area contributed by atoms with Crippen molar-refractivity contribution in [3.63, 3.8) is 0 Å². The Morgan fingerprint density at radius 2 is 2.00 bits per heavy atom. The second-order valence-corrected chi connectivity index (χ2v) is 4.77. The average Bonchev–Trinajstić information content (AvgIpc) is 2.51. The molecular weight excluding hydrogens is 288 g/mol. The molecule has 0 atom stereocenters. The molecule has 108 valence electrons. The zero-order valence-corrected chi connectivity index (χ0v) is 11.5. The fourth-order valence-electron chi connectivity index (χ4n) is 2.25. The molecule has 3 rings (SSSR count). The van der Waals surface area contributed by atoms with Crippen LogP contribution in [0.1, 0.15) is 11.1 Å². The van der Waals surface area contributed by atoms with Crippen LogP contribution in [0.25, 0.3) is 16.9 Å². The van der Waals surface area contributed by atoms with E-state index in [4.69, 9.17) is 0 Å². The number of hydrogen-bond acceptors (Lipinski definition) is 3. The number of aryl methyl sites for hydroxylation is 1. The number of benzene rings is 1. The van der Waals surface area contributed by atoms with E-state index in [9.17, 15) is 18.8 Å². The number of aromatic nitrogens is 2. The van der Waals surface area contributed by atoms with E-state index in [1.807, 2.05) is 0 Å². The van der Waals surface area contributed by atoms with Crippen molar-refractivity contribution in [1.82, 2.24) is 9.38 Å². The highest BCUT2D eigenvalue weighted by molar-refractivity contribution is 5.69. The minimum Gasteiger partial charge on any atom is -0.267 e. The van der Waals surface area contributed by atoms with Gasteiger partial charge in [0.25, 0.3) is 5.56 Å². The number of rotatable bonds is 1. The standard InChI is InChI=1S/C16H9F2N3O/c1-9-3-2-6-21-15(9)20-14(11(8-19)16(21)22)10-4-5-12(17)13(18)7-10/h2-7H,1H3. The molecule has 0 aliphatic carbocycles. The smallest absolute Gasteiger partial charge is 0.267 e. The summed E-state index contributed by atoms with van der Waals surface area (Å²) >= 11 is 0. The maximum atomic E-state index is 13.4. The van der Waals surface area contributed by atoms with Crippen molar-refractivity contribution < 1.29 is 8.78 Å². The van der Waals surface area contributed by atoms with Crippen molar-refractivity contribution in [3.05, 3.63) is 69.6 Å². The second kappa shape index (κ2) is 5.04. The van der Waals surface area contributed by atoms with E-state index in [0.717, 1.165) is 17.7 Å². The van der Waals surface area contributed by atoms with Crippen LogP contribution >= 0.6 is 0 Å². The van der Waals surface area contributed by atoms with Crippen LogP contribution in [0.5, 0.6) is 0 Å². The molecule has 0 aliphatic rings. The molecule has 22 heavy (non-hydrogen) atoms. The van der Waals surface area contributed by atoms with Gasteiger partial charge in [-0.2, -0.15) is 5.26 Å². The van der Waals surface area contributed by atoms with Crippen LogP contribution in [0.2, 0.25) is 0 Å². The first kappa shape index (κ1) is 13.9. The fourth-order valence-corrected chi connectivity index (χ4v) is 2.25. The molecule has 0 radical (unpaired) electrons. The molecular formula is C16H9F2N3O. The molecule has 0 amide bonds. The van der Waals surface area contributed by atoms with E-state index in [1.54, 1.807) is 25.1 Å². The van der Waals surface area contributed by atoms with Crippen molar-refractivity contribution in [1.29, 1.82) is 5.26 Å². The minimum atomic E-state index is -1.06. The summed E-state index contributed by atoms with van der Waals surface area (Å²) in [7, 11) is 0. The Bertz CT molecular complexity index is 1000. The summed E-state index contributed by atoms with van der Waals surface area (Å²) in [6.07, 6.45) is 1.51. The van der Waals surface area contributed by atoms with Gasteiger partial charge < -0.3 is 0 Å². The van der Waals surface area contributed by atoms with Gasteiger partial charge >= 0.3 is 0 Å². The third kappa shape index (κ3) is 2.04. The summed E-state index contributed by atoms with van der Waals surface area (Å²) in [4.78, 5) is 16.7. The average molecular weight is 297 g/mol. The molecule has 1 aromatic carbocycles. The molecule has 0 spiro atoms.